The number of nitrogens with zero attached hydrogens (tertiary/aromatic N) is 1. The van der Waals surface area contributed by atoms with Gasteiger partial charge in [0.25, 0.3) is 0 Å². The van der Waals surface area contributed by atoms with E-state index >= 15 is 0 Å². The van der Waals surface area contributed by atoms with Crippen LogP contribution in [0.15, 0.2) is 24.4 Å². The van der Waals surface area contributed by atoms with Gasteiger partial charge in [-0.15, -0.1) is 0 Å². The Morgan fingerprint density at radius 1 is 1.32 bits per heavy atom. The Morgan fingerprint density at radius 2 is 2.11 bits per heavy atom. The number of fused-ring (bicyclic) bond motifs is 2. The molecule has 0 radical (unpaired) electrons. The van der Waals surface area contributed by atoms with Crippen LogP contribution in [-0.4, -0.2) is 18.3 Å². The Balaban J connectivity index is 1.96. The summed E-state index contributed by atoms with van der Waals surface area (Å²) >= 11 is 0. The predicted octanol–water partition coefficient (Wildman–Crippen LogP) is 3.42. The van der Waals surface area contributed by atoms with Gasteiger partial charge in [0.05, 0.1) is 0 Å². The minimum Gasteiger partial charge on any atom is -0.454 e. The second-order valence-corrected chi connectivity index (χ2v) is 4.98. The summed E-state index contributed by atoms with van der Waals surface area (Å²) in [4.78, 5) is 4.43. The molecule has 4 heteroatoms. The van der Waals surface area contributed by atoms with E-state index in [4.69, 9.17) is 9.47 Å². The van der Waals surface area contributed by atoms with Crippen molar-refractivity contribution in [1.29, 1.82) is 0 Å². The number of pyridine rings is 1. The molecule has 1 unspecified atom stereocenters. The summed E-state index contributed by atoms with van der Waals surface area (Å²) in [5, 5.41) is 5.62. The summed E-state index contributed by atoms with van der Waals surface area (Å²) in [6, 6.07) is 6.00. The molecule has 1 aromatic heterocycles. The van der Waals surface area contributed by atoms with E-state index in [1.807, 2.05) is 24.4 Å². The third-order valence-electron chi connectivity index (χ3n) is 3.57. The quantitative estimate of drug-likeness (QED) is 0.912. The normalized spacial score (nSPS) is 14.6. The fraction of sp³-hybridized carbons (Fsp3) is 0.400. The Hall–Kier alpha value is -1.97. The summed E-state index contributed by atoms with van der Waals surface area (Å²) in [7, 11) is 0. The molecular weight excluding hydrogens is 240 g/mol. The van der Waals surface area contributed by atoms with E-state index in [1.54, 1.807) is 0 Å². The van der Waals surface area contributed by atoms with Crippen molar-refractivity contribution in [2.45, 2.75) is 20.3 Å². The average Bonchev–Trinajstić information content (AvgIpc) is 2.89. The van der Waals surface area contributed by atoms with Crippen LogP contribution in [0, 0.1) is 5.92 Å². The summed E-state index contributed by atoms with van der Waals surface area (Å²) in [5.41, 5.74) is 0. The fourth-order valence-electron chi connectivity index (χ4n) is 2.12. The summed E-state index contributed by atoms with van der Waals surface area (Å²) in [6.45, 7) is 5.65. The zero-order chi connectivity index (χ0) is 13.2. The van der Waals surface area contributed by atoms with Crippen LogP contribution in [0.3, 0.4) is 0 Å². The van der Waals surface area contributed by atoms with Gasteiger partial charge in [0.1, 0.15) is 5.82 Å². The van der Waals surface area contributed by atoms with E-state index in [2.05, 4.69) is 24.1 Å². The Bertz CT molecular complexity index is 598. The third kappa shape index (κ3) is 2.30. The van der Waals surface area contributed by atoms with E-state index in [0.29, 0.717) is 12.7 Å². The van der Waals surface area contributed by atoms with Gasteiger partial charge in [0, 0.05) is 18.1 Å². The monoisotopic (exact) mass is 258 g/mol. The topological polar surface area (TPSA) is 43.4 Å². The van der Waals surface area contributed by atoms with Crippen molar-refractivity contribution in [3.63, 3.8) is 0 Å². The molecule has 2 aromatic rings. The van der Waals surface area contributed by atoms with E-state index < -0.39 is 0 Å². The van der Waals surface area contributed by atoms with Crippen molar-refractivity contribution in [2.75, 3.05) is 18.7 Å². The van der Waals surface area contributed by atoms with Crippen LogP contribution < -0.4 is 14.8 Å². The molecule has 2 heterocycles. The molecule has 1 aliphatic rings. The van der Waals surface area contributed by atoms with Gasteiger partial charge in [-0.25, -0.2) is 4.98 Å². The summed E-state index contributed by atoms with van der Waals surface area (Å²) in [6.07, 6.45) is 2.98. The zero-order valence-electron chi connectivity index (χ0n) is 11.3. The van der Waals surface area contributed by atoms with Gasteiger partial charge >= 0.3 is 0 Å². The highest BCUT2D eigenvalue weighted by molar-refractivity contribution is 5.94. The number of benzene rings is 1. The third-order valence-corrected chi connectivity index (χ3v) is 3.57. The Kier molecular flexibility index (Phi) is 3.15. The highest BCUT2D eigenvalue weighted by atomic mass is 16.7. The number of anilines is 1. The van der Waals surface area contributed by atoms with E-state index in [0.717, 1.165) is 41.1 Å². The molecular formula is C15H18N2O2. The van der Waals surface area contributed by atoms with Crippen LogP contribution in [0.2, 0.25) is 0 Å². The lowest BCUT2D eigenvalue weighted by Gasteiger charge is -2.12. The molecule has 19 heavy (non-hydrogen) atoms. The standard InChI is InChI=1S/C15H18N2O2/c1-3-10(2)8-17-15-12-7-14-13(18-9-19-14)6-11(12)4-5-16-15/h4-7,10H,3,8-9H2,1-2H3,(H,16,17). The predicted molar refractivity (Wildman–Crippen MR) is 75.8 cm³/mol. The van der Waals surface area contributed by atoms with Gasteiger partial charge in [-0.3, -0.25) is 0 Å². The average molecular weight is 258 g/mol. The molecule has 0 spiro atoms. The van der Waals surface area contributed by atoms with Crippen molar-refractivity contribution >= 4 is 16.6 Å². The van der Waals surface area contributed by atoms with Crippen LogP contribution in [0.5, 0.6) is 11.5 Å². The molecule has 4 nitrogen and oxygen atoms in total. The summed E-state index contributed by atoms with van der Waals surface area (Å²) in [5.74, 6) is 3.15. The smallest absolute Gasteiger partial charge is 0.231 e. The number of aromatic nitrogens is 1. The molecule has 3 rings (SSSR count). The van der Waals surface area contributed by atoms with Crippen LogP contribution in [0.25, 0.3) is 10.8 Å². The molecule has 1 aromatic carbocycles. The molecule has 0 fully saturated rings. The van der Waals surface area contributed by atoms with Crippen LogP contribution in [0.4, 0.5) is 5.82 Å². The largest absolute Gasteiger partial charge is 0.454 e. The molecule has 0 amide bonds. The highest BCUT2D eigenvalue weighted by Crippen LogP contribution is 2.37. The number of rotatable bonds is 4. The van der Waals surface area contributed by atoms with Crippen LogP contribution in [-0.2, 0) is 0 Å². The maximum atomic E-state index is 5.43. The Morgan fingerprint density at radius 3 is 2.89 bits per heavy atom. The molecule has 0 saturated heterocycles. The van der Waals surface area contributed by atoms with E-state index in [9.17, 15) is 0 Å². The second-order valence-electron chi connectivity index (χ2n) is 4.98. The molecule has 0 bridgehead atoms. The molecule has 1 N–H and O–H groups in total. The lowest BCUT2D eigenvalue weighted by Crippen LogP contribution is -2.11. The maximum Gasteiger partial charge on any atom is 0.231 e. The minimum absolute atomic E-state index is 0.300. The van der Waals surface area contributed by atoms with Crippen LogP contribution >= 0.6 is 0 Å². The van der Waals surface area contributed by atoms with Crippen molar-refractivity contribution < 1.29 is 9.47 Å². The molecule has 0 aliphatic carbocycles. The lowest BCUT2D eigenvalue weighted by molar-refractivity contribution is 0.174. The van der Waals surface area contributed by atoms with Gasteiger partial charge in [-0.05, 0) is 29.5 Å². The maximum absolute atomic E-state index is 5.43. The molecule has 1 atom stereocenters. The highest BCUT2D eigenvalue weighted by Gasteiger charge is 2.15. The first-order valence-electron chi connectivity index (χ1n) is 6.70. The second kappa shape index (κ2) is 4.96. The molecule has 100 valence electrons. The first kappa shape index (κ1) is 12.1. The Labute approximate surface area is 112 Å². The zero-order valence-corrected chi connectivity index (χ0v) is 11.3. The van der Waals surface area contributed by atoms with Crippen molar-refractivity contribution in [2.24, 2.45) is 5.92 Å². The van der Waals surface area contributed by atoms with Gasteiger partial charge in [-0.1, -0.05) is 20.3 Å². The van der Waals surface area contributed by atoms with Crippen molar-refractivity contribution in [3.8, 4) is 11.5 Å². The number of nitrogens with one attached hydrogen (secondary N) is 1. The lowest BCUT2D eigenvalue weighted by atomic mass is 10.1. The number of hydrogen-bond donors (Lipinski definition) is 1. The fourth-order valence-corrected chi connectivity index (χ4v) is 2.12. The van der Waals surface area contributed by atoms with E-state index in [-0.39, 0.29) is 0 Å². The number of hydrogen-bond acceptors (Lipinski definition) is 4. The summed E-state index contributed by atoms with van der Waals surface area (Å²) < 4.78 is 10.8. The van der Waals surface area contributed by atoms with Crippen LogP contribution in [0.1, 0.15) is 20.3 Å². The van der Waals surface area contributed by atoms with Gasteiger partial charge in [-0.2, -0.15) is 0 Å². The first-order chi connectivity index (χ1) is 9.28. The first-order valence-corrected chi connectivity index (χ1v) is 6.70. The van der Waals surface area contributed by atoms with Gasteiger partial charge in [0.2, 0.25) is 6.79 Å². The van der Waals surface area contributed by atoms with Crippen molar-refractivity contribution in [3.05, 3.63) is 24.4 Å². The van der Waals surface area contributed by atoms with Crippen molar-refractivity contribution in [1.82, 2.24) is 4.98 Å². The molecule has 1 aliphatic heterocycles. The van der Waals surface area contributed by atoms with Gasteiger partial charge < -0.3 is 14.8 Å². The van der Waals surface area contributed by atoms with E-state index in [1.165, 1.54) is 0 Å². The van der Waals surface area contributed by atoms with Gasteiger partial charge in [0.15, 0.2) is 11.5 Å². The SMILES string of the molecule is CCC(C)CNc1nccc2cc3c(cc12)OCO3. The number of ether oxygens (including phenoxy) is 2. The minimum atomic E-state index is 0.300. The molecule has 0 saturated carbocycles.